The van der Waals surface area contributed by atoms with E-state index in [4.69, 9.17) is 4.74 Å². The Balaban J connectivity index is 2.10. The molecule has 0 aliphatic carbocycles. The minimum Gasteiger partial charge on any atom is -0.351 e. The van der Waals surface area contributed by atoms with Crippen LogP contribution in [0.15, 0.2) is 48.7 Å². The average Bonchev–Trinajstić information content (AvgIpc) is 2.89. The molecule has 0 N–H and O–H groups in total. The van der Waals surface area contributed by atoms with E-state index < -0.39 is 0 Å². The van der Waals surface area contributed by atoms with Crippen LogP contribution in [0.2, 0.25) is 0 Å². The molecule has 0 bridgehead atoms. The molecule has 0 saturated carbocycles. The summed E-state index contributed by atoms with van der Waals surface area (Å²) in [5.74, 6) is 0. The number of fused-ring (bicyclic) bond motifs is 1. The Labute approximate surface area is 110 Å². The van der Waals surface area contributed by atoms with Crippen LogP contribution in [0.1, 0.15) is 18.8 Å². The monoisotopic (exact) mass is 254 g/mol. The van der Waals surface area contributed by atoms with Crippen molar-refractivity contribution in [2.75, 3.05) is 6.61 Å². The average molecular weight is 254 g/mol. The summed E-state index contributed by atoms with van der Waals surface area (Å²) in [6.45, 7) is 2.53. The van der Waals surface area contributed by atoms with Crippen LogP contribution in [0.5, 0.6) is 0 Å². The number of hydrogen-bond acceptors (Lipinski definition) is 4. The molecule has 5 nitrogen and oxygen atoms in total. The normalized spacial score (nSPS) is 12.7. The molecule has 3 rings (SSSR count). The topological polar surface area (TPSA) is 52.8 Å². The number of ether oxygens (including phenoxy) is 1. The summed E-state index contributed by atoms with van der Waals surface area (Å²) in [4.78, 5) is 4.35. The Morgan fingerprint density at radius 2 is 2.00 bits per heavy atom. The van der Waals surface area contributed by atoms with E-state index in [-0.39, 0.29) is 6.23 Å². The van der Waals surface area contributed by atoms with E-state index in [1.807, 2.05) is 49.4 Å². The SMILES string of the molecule is CCO[C@H](c1ccccn1)n1nnc2ccccc21. The summed E-state index contributed by atoms with van der Waals surface area (Å²) >= 11 is 0. The molecule has 0 unspecified atom stereocenters. The number of nitrogens with zero attached hydrogens (tertiary/aromatic N) is 4. The lowest BCUT2D eigenvalue weighted by molar-refractivity contribution is 0.0311. The van der Waals surface area contributed by atoms with Crippen molar-refractivity contribution in [3.63, 3.8) is 0 Å². The molecular weight excluding hydrogens is 240 g/mol. The molecule has 1 atom stereocenters. The minimum atomic E-state index is -0.349. The number of para-hydroxylation sites is 1. The van der Waals surface area contributed by atoms with Crippen molar-refractivity contribution in [3.8, 4) is 0 Å². The van der Waals surface area contributed by atoms with Crippen molar-refractivity contribution >= 4 is 11.0 Å². The lowest BCUT2D eigenvalue weighted by Gasteiger charge is -2.16. The Morgan fingerprint density at radius 1 is 1.16 bits per heavy atom. The first-order chi connectivity index (χ1) is 9.40. The molecule has 0 amide bonds. The molecule has 0 spiro atoms. The van der Waals surface area contributed by atoms with Gasteiger partial charge in [0.05, 0.1) is 11.2 Å². The van der Waals surface area contributed by atoms with Crippen molar-refractivity contribution in [2.45, 2.75) is 13.2 Å². The van der Waals surface area contributed by atoms with Gasteiger partial charge in [-0.15, -0.1) is 5.10 Å². The highest BCUT2D eigenvalue weighted by Gasteiger charge is 2.18. The van der Waals surface area contributed by atoms with Crippen LogP contribution in [0.25, 0.3) is 11.0 Å². The highest BCUT2D eigenvalue weighted by Crippen LogP contribution is 2.21. The Kier molecular flexibility index (Phi) is 3.20. The molecule has 96 valence electrons. The fraction of sp³-hybridized carbons (Fsp3) is 0.214. The summed E-state index contributed by atoms with van der Waals surface area (Å²) in [6.07, 6.45) is 1.40. The van der Waals surface area contributed by atoms with Gasteiger partial charge in [0.15, 0.2) is 6.23 Å². The van der Waals surface area contributed by atoms with E-state index in [2.05, 4.69) is 15.3 Å². The van der Waals surface area contributed by atoms with Crippen molar-refractivity contribution in [1.29, 1.82) is 0 Å². The molecule has 5 heteroatoms. The van der Waals surface area contributed by atoms with Gasteiger partial charge in [-0.3, -0.25) is 4.98 Å². The standard InChI is InChI=1S/C14H14N4O/c1-2-19-14(12-8-5-6-10-15-12)18-13-9-4-3-7-11(13)16-17-18/h3-10,14H,2H2,1H3/t14-/m1/s1. The number of pyridine rings is 1. The van der Waals surface area contributed by atoms with Gasteiger partial charge in [-0.2, -0.15) is 0 Å². The Morgan fingerprint density at radius 3 is 2.79 bits per heavy atom. The number of aromatic nitrogens is 4. The van der Waals surface area contributed by atoms with Crippen molar-refractivity contribution in [3.05, 3.63) is 54.4 Å². The minimum absolute atomic E-state index is 0.349. The third-order valence-corrected chi connectivity index (χ3v) is 2.86. The molecule has 3 aromatic rings. The second-order valence-electron chi connectivity index (χ2n) is 4.09. The van der Waals surface area contributed by atoms with Gasteiger partial charge in [-0.05, 0) is 31.2 Å². The van der Waals surface area contributed by atoms with Gasteiger partial charge in [0, 0.05) is 12.8 Å². The first-order valence-electron chi connectivity index (χ1n) is 6.22. The van der Waals surface area contributed by atoms with Crippen LogP contribution in [-0.4, -0.2) is 26.6 Å². The molecule has 0 aliphatic heterocycles. The van der Waals surface area contributed by atoms with Crippen LogP contribution < -0.4 is 0 Å². The fourth-order valence-corrected chi connectivity index (χ4v) is 2.02. The van der Waals surface area contributed by atoms with E-state index in [9.17, 15) is 0 Å². The van der Waals surface area contributed by atoms with Crippen LogP contribution in [0.4, 0.5) is 0 Å². The zero-order valence-electron chi connectivity index (χ0n) is 10.6. The van der Waals surface area contributed by atoms with Gasteiger partial charge in [0.2, 0.25) is 0 Å². The first kappa shape index (κ1) is 11.8. The zero-order valence-corrected chi connectivity index (χ0v) is 10.6. The van der Waals surface area contributed by atoms with Gasteiger partial charge in [0.1, 0.15) is 5.52 Å². The fourth-order valence-electron chi connectivity index (χ4n) is 2.02. The zero-order chi connectivity index (χ0) is 13.1. The second kappa shape index (κ2) is 5.16. The van der Waals surface area contributed by atoms with Gasteiger partial charge in [-0.25, -0.2) is 4.68 Å². The predicted molar refractivity (Wildman–Crippen MR) is 71.5 cm³/mol. The maximum Gasteiger partial charge on any atom is 0.195 e. The van der Waals surface area contributed by atoms with Gasteiger partial charge >= 0.3 is 0 Å². The molecule has 1 aromatic carbocycles. The predicted octanol–water partition coefficient (Wildman–Crippen LogP) is 2.41. The second-order valence-corrected chi connectivity index (χ2v) is 4.09. The van der Waals surface area contributed by atoms with E-state index >= 15 is 0 Å². The molecule has 0 fully saturated rings. The molecule has 0 saturated heterocycles. The molecule has 19 heavy (non-hydrogen) atoms. The maximum atomic E-state index is 5.78. The Hall–Kier alpha value is -2.27. The highest BCUT2D eigenvalue weighted by molar-refractivity contribution is 5.74. The van der Waals surface area contributed by atoms with E-state index in [1.165, 1.54) is 0 Å². The van der Waals surface area contributed by atoms with E-state index in [1.54, 1.807) is 10.9 Å². The quantitative estimate of drug-likeness (QED) is 0.717. The third-order valence-electron chi connectivity index (χ3n) is 2.86. The molecule has 0 radical (unpaired) electrons. The Bertz CT molecular complexity index is 665. The van der Waals surface area contributed by atoms with Crippen molar-refractivity contribution < 1.29 is 4.74 Å². The van der Waals surface area contributed by atoms with Crippen LogP contribution in [-0.2, 0) is 4.74 Å². The van der Waals surface area contributed by atoms with Gasteiger partial charge in [0.25, 0.3) is 0 Å². The number of hydrogen-bond donors (Lipinski definition) is 0. The maximum absolute atomic E-state index is 5.78. The lowest BCUT2D eigenvalue weighted by Crippen LogP contribution is -2.17. The van der Waals surface area contributed by atoms with E-state index in [0.717, 1.165) is 16.7 Å². The van der Waals surface area contributed by atoms with E-state index in [0.29, 0.717) is 6.61 Å². The van der Waals surface area contributed by atoms with Crippen molar-refractivity contribution in [2.24, 2.45) is 0 Å². The first-order valence-corrected chi connectivity index (χ1v) is 6.22. The summed E-state index contributed by atoms with van der Waals surface area (Å²) in [5.41, 5.74) is 2.61. The van der Waals surface area contributed by atoms with Crippen molar-refractivity contribution in [1.82, 2.24) is 20.0 Å². The van der Waals surface area contributed by atoms with Crippen LogP contribution >= 0.6 is 0 Å². The molecule has 2 aromatic heterocycles. The summed E-state index contributed by atoms with van der Waals surface area (Å²) in [6, 6.07) is 13.6. The van der Waals surface area contributed by atoms with Crippen LogP contribution in [0.3, 0.4) is 0 Å². The number of benzene rings is 1. The summed E-state index contributed by atoms with van der Waals surface area (Å²) in [7, 11) is 0. The lowest BCUT2D eigenvalue weighted by atomic mass is 10.3. The van der Waals surface area contributed by atoms with Crippen LogP contribution in [0, 0.1) is 0 Å². The molecule has 0 aliphatic rings. The van der Waals surface area contributed by atoms with Gasteiger partial charge in [-0.1, -0.05) is 23.4 Å². The van der Waals surface area contributed by atoms with Gasteiger partial charge < -0.3 is 4.74 Å². The molecule has 2 heterocycles. The smallest absolute Gasteiger partial charge is 0.195 e. The number of rotatable bonds is 4. The highest BCUT2D eigenvalue weighted by atomic mass is 16.5. The summed E-state index contributed by atoms with van der Waals surface area (Å²) in [5, 5.41) is 8.34. The summed E-state index contributed by atoms with van der Waals surface area (Å²) < 4.78 is 7.54. The molecular formula is C14H14N4O. The largest absolute Gasteiger partial charge is 0.351 e. The third kappa shape index (κ3) is 2.20.